The number of amides is 1. The molecule has 3 aliphatic rings. The van der Waals surface area contributed by atoms with Crippen LogP contribution in [0.15, 0.2) is 42.7 Å². The van der Waals surface area contributed by atoms with Crippen molar-refractivity contribution in [3.8, 4) is 0 Å². The van der Waals surface area contributed by atoms with Gasteiger partial charge in [0.15, 0.2) is 0 Å². The zero-order valence-corrected chi connectivity index (χ0v) is 22.2. The predicted octanol–water partition coefficient (Wildman–Crippen LogP) is 3.97. The van der Waals surface area contributed by atoms with Crippen molar-refractivity contribution in [2.45, 2.75) is 43.6 Å². The summed E-state index contributed by atoms with van der Waals surface area (Å²) in [5.41, 5.74) is 0.210. The molecule has 2 fully saturated rings. The molecule has 218 valence electrons. The van der Waals surface area contributed by atoms with Crippen molar-refractivity contribution >= 4 is 11.6 Å². The van der Waals surface area contributed by atoms with E-state index in [1.807, 2.05) is 23.7 Å². The lowest BCUT2D eigenvalue weighted by Gasteiger charge is -2.42. The molecule has 4 heterocycles. The zero-order valence-electron chi connectivity index (χ0n) is 22.2. The number of fused-ring (bicyclic) bond motifs is 1. The fourth-order valence-electron chi connectivity index (χ4n) is 5.80. The van der Waals surface area contributed by atoms with Crippen LogP contribution < -0.4 is 4.90 Å². The van der Waals surface area contributed by atoms with Gasteiger partial charge in [-0.3, -0.25) is 9.69 Å². The van der Waals surface area contributed by atoms with E-state index in [-0.39, 0.29) is 42.9 Å². The van der Waals surface area contributed by atoms with Gasteiger partial charge in [0.05, 0.1) is 31.9 Å². The third kappa shape index (κ3) is 5.22. The Bertz CT molecular complexity index is 1460. The van der Waals surface area contributed by atoms with Crippen molar-refractivity contribution in [3.05, 3.63) is 76.4 Å². The molecule has 6 rings (SSSR count). The lowest BCUT2D eigenvalue weighted by Crippen LogP contribution is -2.49. The summed E-state index contributed by atoms with van der Waals surface area (Å²) >= 11 is 0. The number of carbonyl (C=O) groups excluding carboxylic acids is 1. The first kappa shape index (κ1) is 27.7. The largest absolute Gasteiger partial charge is 0.416 e. The number of rotatable bonds is 7. The van der Waals surface area contributed by atoms with Crippen LogP contribution in [0.2, 0.25) is 0 Å². The van der Waals surface area contributed by atoms with Crippen LogP contribution in [0.1, 0.15) is 38.4 Å². The van der Waals surface area contributed by atoms with E-state index in [1.54, 1.807) is 23.4 Å². The molecule has 2 saturated heterocycles. The van der Waals surface area contributed by atoms with Crippen molar-refractivity contribution in [1.82, 2.24) is 19.7 Å². The number of ether oxygens (including phenoxy) is 2. The molecule has 0 radical (unpaired) electrons. The molecule has 0 spiro atoms. The lowest BCUT2D eigenvalue weighted by molar-refractivity contribution is -0.138. The van der Waals surface area contributed by atoms with Gasteiger partial charge >= 0.3 is 6.18 Å². The maximum atomic E-state index is 14.2. The minimum Gasteiger partial charge on any atom is -0.379 e. The first-order valence-corrected chi connectivity index (χ1v) is 13.2. The van der Waals surface area contributed by atoms with Crippen molar-refractivity contribution in [2.24, 2.45) is 7.05 Å². The number of carbonyl (C=O) groups is 1. The van der Waals surface area contributed by atoms with E-state index in [2.05, 4.69) is 10.2 Å². The average molecular weight is 578 g/mol. The second kappa shape index (κ2) is 10.4. The van der Waals surface area contributed by atoms with Crippen LogP contribution in [0, 0.1) is 0 Å². The van der Waals surface area contributed by atoms with Gasteiger partial charge in [-0.25, -0.2) is 8.78 Å². The number of hydrogen-bond donors (Lipinski definition) is 0. The molecule has 2 aromatic carbocycles. The Morgan fingerprint density at radius 2 is 1.98 bits per heavy atom. The van der Waals surface area contributed by atoms with Crippen molar-refractivity contribution in [2.75, 3.05) is 37.8 Å². The van der Waals surface area contributed by atoms with Crippen molar-refractivity contribution in [1.29, 1.82) is 0 Å². The lowest BCUT2D eigenvalue weighted by atomic mass is 9.75. The number of alkyl halides is 5. The van der Waals surface area contributed by atoms with Crippen LogP contribution >= 0.6 is 0 Å². The van der Waals surface area contributed by atoms with E-state index in [0.717, 1.165) is 17.5 Å². The molecule has 41 heavy (non-hydrogen) atoms. The summed E-state index contributed by atoms with van der Waals surface area (Å²) in [6, 6.07) is 9.72. The fourth-order valence-corrected chi connectivity index (χ4v) is 5.80. The first-order valence-electron chi connectivity index (χ1n) is 13.2. The number of morpholine rings is 1. The molecule has 1 amide bonds. The Morgan fingerprint density at radius 3 is 2.63 bits per heavy atom. The second-order valence-electron chi connectivity index (χ2n) is 10.9. The molecule has 0 saturated carbocycles. The Hall–Kier alpha value is -3.42. The van der Waals surface area contributed by atoms with Gasteiger partial charge in [-0.15, -0.1) is 10.2 Å². The molecule has 3 aliphatic heterocycles. The Morgan fingerprint density at radius 1 is 1.17 bits per heavy atom. The monoisotopic (exact) mass is 577 g/mol. The zero-order chi connectivity index (χ0) is 28.9. The Labute approximate surface area is 232 Å². The number of nitrogens with zero attached hydrogens (tertiary/aromatic N) is 5. The fraction of sp³-hybridized carbons (Fsp3) is 0.464. The smallest absolute Gasteiger partial charge is 0.379 e. The van der Waals surface area contributed by atoms with Crippen molar-refractivity contribution < 1.29 is 36.2 Å². The SMILES string of the molecule is Cn1cnnc1CC1(c2cccc(N3Cc4c(cc(CN5CCOC(C(F)F)C5)cc4C(F)(F)F)C3=O)c2)COC1. The van der Waals surface area contributed by atoms with E-state index in [1.165, 1.54) is 11.0 Å². The molecule has 8 nitrogen and oxygen atoms in total. The number of halogens is 5. The summed E-state index contributed by atoms with van der Waals surface area (Å²) in [5.74, 6) is 0.231. The molecule has 0 aliphatic carbocycles. The predicted molar refractivity (Wildman–Crippen MR) is 137 cm³/mol. The van der Waals surface area contributed by atoms with E-state index in [9.17, 15) is 26.7 Å². The van der Waals surface area contributed by atoms with E-state index in [0.29, 0.717) is 31.9 Å². The molecule has 3 aromatic rings. The van der Waals surface area contributed by atoms with Crippen molar-refractivity contribution in [3.63, 3.8) is 0 Å². The van der Waals surface area contributed by atoms with Gasteiger partial charge in [-0.05, 0) is 41.0 Å². The molecule has 1 unspecified atom stereocenters. The van der Waals surface area contributed by atoms with Gasteiger partial charge in [0.25, 0.3) is 12.3 Å². The van der Waals surface area contributed by atoms with Crippen LogP contribution in [0.4, 0.5) is 27.6 Å². The number of hydrogen-bond acceptors (Lipinski definition) is 6. The minimum atomic E-state index is -4.70. The van der Waals surface area contributed by atoms with Crippen LogP contribution in [-0.2, 0) is 47.6 Å². The van der Waals surface area contributed by atoms with Gasteiger partial charge in [0.1, 0.15) is 18.3 Å². The van der Waals surface area contributed by atoms with Gasteiger partial charge in [-0.2, -0.15) is 13.2 Å². The van der Waals surface area contributed by atoms with Crippen LogP contribution in [-0.4, -0.2) is 71.0 Å². The molecule has 0 N–H and O–H groups in total. The highest BCUT2D eigenvalue weighted by Gasteiger charge is 2.44. The molecule has 1 atom stereocenters. The van der Waals surface area contributed by atoms with E-state index < -0.39 is 35.6 Å². The average Bonchev–Trinajstić information content (AvgIpc) is 3.47. The maximum absolute atomic E-state index is 14.2. The number of benzene rings is 2. The van der Waals surface area contributed by atoms with Gasteiger partial charge < -0.3 is 18.9 Å². The van der Waals surface area contributed by atoms with Crippen LogP contribution in [0.5, 0.6) is 0 Å². The summed E-state index contributed by atoms with van der Waals surface area (Å²) in [4.78, 5) is 16.6. The molecular formula is C28H28F5N5O3. The summed E-state index contributed by atoms with van der Waals surface area (Å²) in [7, 11) is 1.85. The first-order chi connectivity index (χ1) is 19.5. The Kier molecular flexibility index (Phi) is 7.07. The highest BCUT2D eigenvalue weighted by atomic mass is 19.4. The maximum Gasteiger partial charge on any atom is 0.416 e. The third-order valence-electron chi connectivity index (χ3n) is 8.10. The Balaban J connectivity index is 1.29. The minimum absolute atomic E-state index is 0.00370. The summed E-state index contributed by atoms with van der Waals surface area (Å²) in [6.07, 6.45) is -6.53. The summed E-state index contributed by atoms with van der Waals surface area (Å²) < 4.78 is 81.4. The number of aromatic nitrogens is 3. The number of anilines is 1. The third-order valence-corrected chi connectivity index (χ3v) is 8.10. The molecular weight excluding hydrogens is 549 g/mol. The molecule has 1 aromatic heterocycles. The molecule has 13 heteroatoms. The molecule has 0 bridgehead atoms. The highest BCUT2D eigenvalue weighted by molar-refractivity contribution is 6.10. The standard InChI is InChI=1S/C28H28F5N5O3/c1-36-16-34-35-24(36)10-27(14-40-15-27)18-3-2-4-19(9-18)38-12-21-20(26(38)39)7-17(8-22(21)28(31,32)33)11-37-5-6-41-23(13-37)25(29)30/h2-4,7-9,16,23,25H,5-6,10-15H2,1H3. The summed E-state index contributed by atoms with van der Waals surface area (Å²) in [5, 5.41) is 8.12. The van der Waals surface area contributed by atoms with Gasteiger partial charge in [-0.1, -0.05) is 12.1 Å². The second-order valence-corrected chi connectivity index (χ2v) is 10.9. The number of aryl methyl sites for hydroxylation is 1. The highest BCUT2D eigenvalue weighted by Crippen LogP contribution is 2.42. The summed E-state index contributed by atoms with van der Waals surface area (Å²) in [6.45, 7) is 0.885. The van der Waals surface area contributed by atoms with Gasteiger partial charge in [0.2, 0.25) is 0 Å². The topological polar surface area (TPSA) is 72.7 Å². The van der Waals surface area contributed by atoms with E-state index in [4.69, 9.17) is 9.47 Å². The van der Waals surface area contributed by atoms with Crippen LogP contribution in [0.25, 0.3) is 0 Å². The quantitative estimate of drug-likeness (QED) is 0.396. The van der Waals surface area contributed by atoms with Gasteiger partial charge in [0, 0.05) is 49.8 Å². The normalized spacial score (nSPS) is 20.9. The van der Waals surface area contributed by atoms with E-state index >= 15 is 0 Å². The van der Waals surface area contributed by atoms with Crippen LogP contribution in [0.3, 0.4) is 0 Å².